The highest BCUT2D eigenvalue weighted by Gasteiger charge is 2.24. The van der Waals surface area contributed by atoms with Crippen LogP contribution in [0.25, 0.3) is 0 Å². The number of carbonyl (C=O) groups is 1. The predicted octanol–water partition coefficient (Wildman–Crippen LogP) is 1.09. The molecule has 92 valence electrons. The van der Waals surface area contributed by atoms with Crippen LogP contribution in [0.3, 0.4) is 0 Å². The van der Waals surface area contributed by atoms with E-state index in [4.69, 9.17) is 5.11 Å². The van der Waals surface area contributed by atoms with Gasteiger partial charge in [-0.15, -0.1) is 0 Å². The van der Waals surface area contributed by atoms with Crippen molar-refractivity contribution >= 4 is 21.9 Å². The molecule has 2 rings (SSSR count). The van der Waals surface area contributed by atoms with Crippen LogP contribution >= 0.6 is 15.9 Å². The van der Waals surface area contributed by atoms with Crippen LogP contribution in [-0.2, 0) is 0 Å². The smallest absolute Gasteiger partial charge is 0.339 e. The standard InChI is InChI=1S/C11H13BrN2O3/c12-7-2-1-6(11(16)17)10(15)9(7)8-5-13-3-4-14-8/h1-2,8,13-15H,3-5H2,(H,16,17)/t8-/m1/s1. The Labute approximate surface area is 107 Å². The monoisotopic (exact) mass is 300 g/mol. The van der Waals surface area contributed by atoms with E-state index < -0.39 is 5.97 Å². The molecule has 1 aliphatic rings. The van der Waals surface area contributed by atoms with Gasteiger partial charge >= 0.3 is 5.97 Å². The summed E-state index contributed by atoms with van der Waals surface area (Å²) in [6.45, 7) is 2.32. The first-order valence-corrected chi connectivity index (χ1v) is 6.09. The van der Waals surface area contributed by atoms with Gasteiger partial charge in [-0.3, -0.25) is 0 Å². The molecule has 17 heavy (non-hydrogen) atoms. The lowest BCUT2D eigenvalue weighted by molar-refractivity contribution is 0.0693. The maximum absolute atomic E-state index is 11.0. The molecule has 6 heteroatoms. The van der Waals surface area contributed by atoms with E-state index in [9.17, 15) is 9.90 Å². The number of hydrogen-bond acceptors (Lipinski definition) is 4. The molecule has 1 aliphatic heterocycles. The molecular formula is C11H13BrN2O3. The Morgan fingerprint density at radius 2 is 2.18 bits per heavy atom. The van der Waals surface area contributed by atoms with Crippen LogP contribution in [0.4, 0.5) is 0 Å². The number of piperazine rings is 1. The van der Waals surface area contributed by atoms with Gasteiger partial charge in [0.25, 0.3) is 0 Å². The zero-order chi connectivity index (χ0) is 12.4. The summed E-state index contributed by atoms with van der Waals surface area (Å²) in [5, 5.41) is 25.4. The normalized spacial score (nSPS) is 20.2. The Kier molecular flexibility index (Phi) is 3.66. The highest BCUT2D eigenvalue weighted by atomic mass is 79.9. The lowest BCUT2D eigenvalue weighted by Gasteiger charge is -2.26. The van der Waals surface area contributed by atoms with Crippen LogP contribution in [0.2, 0.25) is 0 Å². The fourth-order valence-corrected chi connectivity index (χ4v) is 2.54. The minimum absolute atomic E-state index is 0.0735. The van der Waals surface area contributed by atoms with Crippen molar-refractivity contribution in [2.75, 3.05) is 19.6 Å². The molecule has 0 bridgehead atoms. The zero-order valence-electron chi connectivity index (χ0n) is 9.03. The van der Waals surface area contributed by atoms with E-state index in [0.29, 0.717) is 16.6 Å². The van der Waals surface area contributed by atoms with Crippen molar-refractivity contribution in [2.24, 2.45) is 0 Å². The molecule has 1 aromatic carbocycles. The zero-order valence-corrected chi connectivity index (χ0v) is 10.6. The molecular weight excluding hydrogens is 288 g/mol. The molecule has 0 unspecified atom stereocenters. The predicted molar refractivity (Wildman–Crippen MR) is 66.4 cm³/mol. The molecule has 5 nitrogen and oxygen atoms in total. The highest BCUT2D eigenvalue weighted by Crippen LogP contribution is 2.34. The molecule has 0 amide bonds. The van der Waals surface area contributed by atoms with Gasteiger partial charge in [0.15, 0.2) is 0 Å². The van der Waals surface area contributed by atoms with Crippen molar-refractivity contribution in [1.29, 1.82) is 0 Å². The molecule has 0 aromatic heterocycles. The van der Waals surface area contributed by atoms with E-state index in [1.807, 2.05) is 0 Å². The van der Waals surface area contributed by atoms with Gasteiger partial charge in [-0.05, 0) is 12.1 Å². The number of benzene rings is 1. The lowest BCUT2D eigenvalue weighted by atomic mass is 10.0. The fourth-order valence-electron chi connectivity index (χ4n) is 1.94. The van der Waals surface area contributed by atoms with E-state index in [2.05, 4.69) is 26.6 Å². The topological polar surface area (TPSA) is 81.6 Å². The van der Waals surface area contributed by atoms with Crippen LogP contribution < -0.4 is 10.6 Å². The first kappa shape index (κ1) is 12.3. The second kappa shape index (κ2) is 5.03. The lowest BCUT2D eigenvalue weighted by Crippen LogP contribution is -2.42. The molecule has 0 aliphatic carbocycles. The van der Waals surface area contributed by atoms with Gasteiger partial charge in [0, 0.05) is 35.7 Å². The number of rotatable bonds is 2. The average molecular weight is 301 g/mol. The molecule has 1 aromatic rings. The Hall–Kier alpha value is -1.11. The summed E-state index contributed by atoms with van der Waals surface area (Å²) in [6.07, 6.45) is 0. The molecule has 1 saturated heterocycles. The Bertz CT molecular complexity index is 445. The molecule has 0 saturated carbocycles. The quantitative estimate of drug-likeness (QED) is 0.657. The van der Waals surface area contributed by atoms with Gasteiger partial charge in [0.2, 0.25) is 0 Å². The van der Waals surface area contributed by atoms with Crippen molar-refractivity contribution in [2.45, 2.75) is 6.04 Å². The maximum Gasteiger partial charge on any atom is 0.339 e. The molecule has 0 radical (unpaired) electrons. The number of carboxylic acids is 1. The average Bonchev–Trinajstić information content (AvgIpc) is 2.30. The second-order valence-corrected chi connectivity index (χ2v) is 4.73. The van der Waals surface area contributed by atoms with Crippen molar-refractivity contribution < 1.29 is 15.0 Å². The number of hydrogen-bond donors (Lipinski definition) is 4. The summed E-state index contributed by atoms with van der Waals surface area (Å²) < 4.78 is 0.709. The molecule has 1 atom stereocenters. The number of halogens is 1. The summed E-state index contributed by atoms with van der Waals surface area (Å²) in [4.78, 5) is 11.0. The van der Waals surface area contributed by atoms with E-state index >= 15 is 0 Å². The van der Waals surface area contributed by atoms with Crippen LogP contribution in [0.1, 0.15) is 22.0 Å². The number of carboxylic acid groups (broad SMARTS) is 1. The largest absolute Gasteiger partial charge is 0.507 e. The van der Waals surface area contributed by atoms with E-state index in [1.54, 1.807) is 6.07 Å². The Morgan fingerprint density at radius 3 is 2.76 bits per heavy atom. The molecule has 1 heterocycles. The third-order valence-electron chi connectivity index (χ3n) is 2.78. The van der Waals surface area contributed by atoms with E-state index in [1.165, 1.54) is 6.07 Å². The maximum atomic E-state index is 11.0. The molecule has 4 N–H and O–H groups in total. The first-order chi connectivity index (χ1) is 8.11. The summed E-state index contributed by atoms with van der Waals surface area (Å²) in [6, 6.07) is 2.95. The van der Waals surface area contributed by atoms with Crippen LogP contribution in [0, 0.1) is 0 Å². The summed E-state index contributed by atoms with van der Waals surface area (Å²) in [7, 11) is 0. The summed E-state index contributed by atoms with van der Waals surface area (Å²) >= 11 is 3.35. The third kappa shape index (κ3) is 2.43. The number of aromatic hydroxyl groups is 1. The van der Waals surface area contributed by atoms with E-state index in [0.717, 1.165) is 13.1 Å². The molecule has 1 fully saturated rings. The fraction of sp³-hybridized carbons (Fsp3) is 0.364. The Morgan fingerprint density at radius 1 is 1.41 bits per heavy atom. The minimum atomic E-state index is -1.12. The summed E-state index contributed by atoms with van der Waals surface area (Å²) in [5.74, 6) is -1.30. The third-order valence-corrected chi connectivity index (χ3v) is 3.48. The van der Waals surface area contributed by atoms with Crippen molar-refractivity contribution in [3.8, 4) is 5.75 Å². The SMILES string of the molecule is O=C(O)c1ccc(Br)c([C@H]2CNCCN2)c1O. The van der Waals surface area contributed by atoms with Crippen molar-refractivity contribution in [1.82, 2.24) is 10.6 Å². The van der Waals surface area contributed by atoms with Crippen LogP contribution in [-0.4, -0.2) is 35.8 Å². The summed E-state index contributed by atoms with van der Waals surface area (Å²) in [5.41, 5.74) is 0.521. The minimum Gasteiger partial charge on any atom is -0.507 e. The number of phenols is 1. The van der Waals surface area contributed by atoms with Crippen molar-refractivity contribution in [3.63, 3.8) is 0 Å². The number of aromatic carboxylic acids is 1. The van der Waals surface area contributed by atoms with Gasteiger partial charge in [0.1, 0.15) is 11.3 Å². The van der Waals surface area contributed by atoms with E-state index in [-0.39, 0.29) is 17.4 Å². The number of nitrogens with one attached hydrogen (secondary N) is 2. The van der Waals surface area contributed by atoms with Crippen LogP contribution in [0.5, 0.6) is 5.75 Å². The van der Waals surface area contributed by atoms with Crippen molar-refractivity contribution in [3.05, 3.63) is 27.7 Å². The Balaban J connectivity index is 2.43. The highest BCUT2D eigenvalue weighted by molar-refractivity contribution is 9.10. The van der Waals surface area contributed by atoms with Gasteiger partial charge in [-0.25, -0.2) is 4.79 Å². The van der Waals surface area contributed by atoms with Crippen LogP contribution in [0.15, 0.2) is 16.6 Å². The van der Waals surface area contributed by atoms with Gasteiger partial charge in [-0.2, -0.15) is 0 Å². The second-order valence-electron chi connectivity index (χ2n) is 3.87. The first-order valence-electron chi connectivity index (χ1n) is 5.30. The van der Waals surface area contributed by atoms with Gasteiger partial charge < -0.3 is 20.8 Å². The molecule has 0 spiro atoms. The van der Waals surface area contributed by atoms with Gasteiger partial charge in [0.05, 0.1) is 0 Å². The van der Waals surface area contributed by atoms with Gasteiger partial charge in [-0.1, -0.05) is 15.9 Å².